The van der Waals surface area contributed by atoms with Gasteiger partial charge in [-0.25, -0.2) is 0 Å². The van der Waals surface area contributed by atoms with Crippen LogP contribution < -0.4 is 10.5 Å². The van der Waals surface area contributed by atoms with Crippen molar-refractivity contribution < 1.29 is 9.53 Å². The maximum Gasteiger partial charge on any atom is 0.170 e. The quantitative estimate of drug-likeness (QED) is 0.850. The zero-order chi connectivity index (χ0) is 14.1. The van der Waals surface area contributed by atoms with Crippen molar-refractivity contribution in [3.8, 4) is 5.75 Å². The van der Waals surface area contributed by atoms with E-state index in [1.807, 2.05) is 37.3 Å². The Balaban J connectivity index is 2.01. The van der Waals surface area contributed by atoms with Gasteiger partial charge in [-0.05, 0) is 36.2 Å². The highest BCUT2D eigenvalue weighted by molar-refractivity contribution is 6.01. The second kappa shape index (κ2) is 4.96. The number of nitrogens with zero attached hydrogens (tertiary/aromatic N) is 1. The SMILES string of the molecule is CCc1cc(N)c2c(c1)C(=O)CC(c1ccccn1)O2. The summed E-state index contributed by atoms with van der Waals surface area (Å²) >= 11 is 0. The van der Waals surface area contributed by atoms with E-state index >= 15 is 0 Å². The molecule has 1 atom stereocenters. The van der Waals surface area contributed by atoms with Gasteiger partial charge in [0.25, 0.3) is 0 Å². The van der Waals surface area contributed by atoms with E-state index in [1.165, 1.54) is 0 Å². The molecule has 0 bridgehead atoms. The number of nitrogens with two attached hydrogens (primary N) is 1. The van der Waals surface area contributed by atoms with E-state index in [2.05, 4.69) is 4.98 Å². The predicted molar refractivity (Wildman–Crippen MR) is 76.8 cm³/mol. The second-order valence-electron chi connectivity index (χ2n) is 4.90. The topological polar surface area (TPSA) is 65.2 Å². The lowest BCUT2D eigenvalue weighted by Crippen LogP contribution is -2.22. The summed E-state index contributed by atoms with van der Waals surface area (Å²) in [5, 5.41) is 0. The molecule has 0 radical (unpaired) electrons. The number of hydrogen-bond donors (Lipinski definition) is 1. The normalized spacial score (nSPS) is 17.4. The second-order valence-corrected chi connectivity index (χ2v) is 4.90. The van der Waals surface area contributed by atoms with Crippen molar-refractivity contribution in [1.82, 2.24) is 4.98 Å². The smallest absolute Gasteiger partial charge is 0.170 e. The summed E-state index contributed by atoms with van der Waals surface area (Å²) in [4.78, 5) is 16.6. The van der Waals surface area contributed by atoms with Gasteiger partial charge in [0.15, 0.2) is 11.5 Å². The monoisotopic (exact) mass is 268 g/mol. The fourth-order valence-corrected chi connectivity index (χ4v) is 2.45. The van der Waals surface area contributed by atoms with Gasteiger partial charge in [0, 0.05) is 6.20 Å². The van der Waals surface area contributed by atoms with Gasteiger partial charge in [-0.3, -0.25) is 9.78 Å². The number of nitrogen functional groups attached to an aromatic ring is 1. The van der Waals surface area contributed by atoms with Crippen LogP contribution in [0.5, 0.6) is 5.75 Å². The van der Waals surface area contributed by atoms with Gasteiger partial charge in [0.1, 0.15) is 6.10 Å². The van der Waals surface area contributed by atoms with Crippen LogP contribution in [0.3, 0.4) is 0 Å². The number of anilines is 1. The fraction of sp³-hybridized carbons (Fsp3) is 0.250. The molecular weight excluding hydrogens is 252 g/mol. The molecule has 0 aliphatic carbocycles. The average Bonchev–Trinajstić information content (AvgIpc) is 2.48. The molecule has 102 valence electrons. The number of pyridine rings is 1. The molecule has 3 rings (SSSR count). The van der Waals surface area contributed by atoms with E-state index in [0.29, 0.717) is 23.4 Å². The van der Waals surface area contributed by atoms with E-state index in [0.717, 1.165) is 17.7 Å². The molecule has 1 aliphatic rings. The van der Waals surface area contributed by atoms with Gasteiger partial charge in [-0.1, -0.05) is 13.0 Å². The Morgan fingerprint density at radius 3 is 2.95 bits per heavy atom. The van der Waals surface area contributed by atoms with Gasteiger partial charge < -0.3 is 10.5 Å². The van der Waals surface area contributed by atoms with Crippen LogP contribution in [0.25, 0.3) is 0 Å². The van der Waals surface area contributed by atoms with Crippen LogP contribution >= 0.6 is 0 Å². The van der Waals surface area contributed by atoms with E-state index in [1.54, 1.807) is 6.20 Å². The molecule has 4 nitrogen and oxygen atoms in total. The zero-order valence-electron chi connectivity index (χ0n) is 11.3. The van der Waals surface area contributed by atoms with Crippen LogP contribution in [0.2, 0.25) is 0 Å². The summed E-state index contributed by atoms with van der Waals surface area (Å²) in [5.74, 6) is 0.554. The first-order chi connectivity index (χ1) is 9.69. The molecule has 1 aromatic heterocycles. The molecule has 1 aromatic carbocycles. The highest BCUT2D eigenvalue weighted by Gasteiger charge is 2.30. The maximum absolute atomic E-state index is 12.3. The molecule has 2 heterocycles. The number of carbonyl (C=O) groups is 1. The number of aryl methyl sites for hydroxylation is 1. The van der Waals surface area contributed by atoms with Gasteiger partial charge >= 0.3 is 0 Å². The molecule has 4 heteroatoms. The average molecular weight is 268 g/mol. The third-order valence-electron chi connectivity index (χ3n) is 3.53. The van der Waals surface area contributed by atoms with Crippen molar-refractivity contribution in [2.45, 2.75) is 25.9 Å². The minimum Gasteiger partial charge on any atom is -0.481 e. The van der Waals surface area contributed by atoms with Crippen molar-refractivity contribution in [3.63, 3.8) is 0 Å². The van der Waals surface area contributed by atoms with Crippen LogP contribution in [0.15, 0.2) is 36.5 Å². The number of hydrogen-bond acceptors (Lipinski definition) is 4. The Hall–Kier alpha value is -2.36. The first-order valence-corrected chi connectivity index (χ1v) is 6.72. The number of benzene rings is 1. The number of Topliss-reactive ketones (excluding diaryl/α,β-unsaturated/α-hetero) is 1. The molecular formula is C16H16N2O2. The fourth-order valence-electron chi connectivity index (χ4n) is 2.45. The number of ether oxygens (including phenoxy) is 1. The Kier molecular flexibility index (Phi) is 3.14. The van der Waals surface area contributed by atoms with Crippen molar-refractivity contribution in [3.05, 3.63) is 53.3 Å². The Bertz CT molecular complexity index is 653. The standard InChI is InChI=1S/C16H16N2O2/c1-2-10-7-11-14(19)9-15(13-5-3-4-6-18-13)20-16(11)12(17)8-10/h3-8,15H,2,9,17H2,1H3. The van der Waals surface area contributed by atoms with E-state index < -0.39 is 0 Å². The van der Waals surface area contributed by atoms with E-state index in [9.17, 15) is 4.79 Å². The minimum atomic E-state index is -0.356. The lowest BCUT2D eigenvalue weighted by Gasteiger charge is -2.26. The number of fused-ring (bicyclic) bond motifs is 1. The molecule has 20 heavy (non-hydrogen) atoms. The van der Waals surface area contributed by atoms with Gasteiger partial charge in [-0.2, -0.15) is 0 Å². The van der Waals surface area contributed by atoms with Crippen molar-refractivity contribution in [1.29, 1.82) is 0 Å². The summed E-state index contributed by atoms with van der Waals surface area (Å²) in [6.45, 7) is 2.03. The van der Waals surface area contributed by atoms with Crippen molar-refractivity contribution in [2.75, 3.05) is 5.73 Å². The third-order valence-corrected chi connectivity index (χ3v) is 3.53. The van der Waals surface area contributed by atoms with Crippen LogP contribution in [-0.2, 0) is 6.42 Å². The number of carbonyl (C=O) groups excluding carboxylic acids is 1. The number of aromatic nitrogens is 1. The van der Waals surface area contributed by atoms with Crippen LogP contribution in [0, 0.1) is 0 Å². The maximum atomic E-state index is 12.3. The highest BCUT2D eigenvalue weighted by atomic mass is 16.5. The molecule has 0 amide bonds. The Morgan fingerprint density at radius 1 is 1.40 bits per heavy atom. The lowest BCUT2D eigenvalue weighted by atomic mass is 9.95. The summed E-state index contributed by atoms with van der Waals surface area (Å²) in [7, 11) is 0. The van der Waals surface area contributed by atoms with E-state index in [4.69, 9.17) is 10.5 Å². The van der Waals surface area contributed by atoms with E-state index in [-0.39, 0.29) is 11.9 Å². The zero-order valence-corrected chi connectivity index (χ0v) is 11.3. The molecule has 2 N–H and O–H groups in total. The van der Waals surface area contributed by atoms with Gasteiger partial charge in [-0.15, -0.1) is 0 Å². The minimum absolute atomic E-state index is 0.0592. The lowest BCUT2D eigenvalue weighted by molar-refractivity contribution is 0.0846. The van der Waals surface area contributed by atoms with Gasteiger partial charge in [0.05, 0.1) is 23.4 Å². The molecule has 0 spiro atoms. The van der Waals surface area contributed by atoms with Gasteiger partial charge in [0.2, 0.25) is 0 Å². The number of rotatable bonds is 2. The summed E-state index contributed by atoms with van der Waals surface area (Å²) < 4.78 is 5.91. The predicted octanol–water partition coefficient (Wildman–Crippen LogP) is 2.93. The molecule has 0 fully saturated rings. The number of ketones is 1. The van der Waals surface area contributed by atoms with Crippen LogP contribution in [0.4, 0.5) is 5.69 Å². The highest BCUT2D eigenvalue weighted by Crippen LogP contribution is 2.39. The van der Waals surface area contributed by atoms with Crippen LogP contribution in [-0.4, -0.2) is 10.8 Å². The Morgan fingerprint density at radius 2 is 2.25 bits per heavy atom. The largest absolute Gasteiger partial charge is 0.481 e. The summed E-state index contributed by atoms with van der Waals surface area (Å²) in [6.07, 6.45) is 2.48. The third kappa shape index (κ3) is 2.13. The molecule has 1 unspecified atom stereocenters. The Labute approximate surface area is 117 Å². The summed E-state index contributed by atoms with van der Waals surface area (Å²) in [6, 6.07) is 9.33. The first kappa shape index (κ1) is 12.7. The van der Waals surface area contributed by atoms with Crippen molar-refractivity contribution >= 4 is 11.5 Å². The van der Waals surface area contributed by atoms with Crippen molar-refractivity contribution in [2.24, 2.45) is 0 Å². The molecule has 0 saturated carbocycles. The van der Waals surface area contributed by atoms with Crippen LogP contribution in [0.1, 0.15) is 41.1 Å². The molecule has 1 aliphatic heterocycles. The molecule has 0 saturated heterocycles. The summed E-state index contributed by atoms with van der Waals surface area (Å²) in [5.41, 5.74) is 8.94. The molecule has 2 aromatic rings. The first-order valence-electron chi connectivity index (χ1n) is 6.72.